The molecular weight excluding hydrogens is 508 g/mol. The van der Waals surface area contributed by atoms with Gasteiger partial charge in [0.05, 0.1) is 22.3 Å². The normalized spacial score (nSPS) is 14.4. The zero-order valence-electron chi connectivity index (χ0n) is 22.6. The lowest BCUT2D eigenvalue weighted by atomic mass is 9.93. The molecule has 1 saturated heterocycles. The molecule has 1 aliphatic heterocycles. The van der Waals surface area contributed by atoms with E-state index < -0.39 is 0 Å². The van der Waals surface area contributed by atoms with Gasteiger partial charge in [-0.05, 0) is 67.4 Å². The summed E-state index contributed by atoms with van der Waals surface area (Å²) in [5.74, 6) is 0.487. The molecule has 0 saturated carbocycles. The smallest absolute Gasteiger partial charge is 0.257 e. The average Bonchev–Trinajstić information content (AvgIpc) is 3.53. The van der Waals surface area contributed by atoms with Gasteiger partial charge in [0.15, 0.2) is 0 Å². The van der Waals surface area contributed by atoms with Gasteiger partial charge in [-0.1, -0.05) is 60.7 Å². The SMILES string of the molecule is O=c1[nH]ccc2nc(-c3ccc(CN4CCC(c5cc(-c6ccccn6)n[nH]5)CC4)cc3)c(-c3ccccc3)cc12. The van der Waals surface area contributed by atoms with Crippen molar-refractivity contribution in [1.29, 1.82) is 0 Å². The van der Waals surface area contributed by atoms with E-state index in [4.69, 9.17) is 4.98 Å². The molecule has 202 valence electrons. The third-order valence-corrected chi connectivity index (χ3v) is 8.02. The highest BCUT2D eigenvalue weighted by atomic mass is 16.1. The molecule has 7 nitrogen and oxygen atoms in total. The van der Waals surface area contributed by atoms with Crippen molar-refractivity contribution in [3.63, 3.8) is 0 Å². The molecule has 0 amide bonds. The van der Waals surface area contributed by atoms with Crippen LogP contribution in [0.1, 0.15) is 30.0 Å². The third-order valence-electron chi connectivity index (χ3n) is 8.02. The van der Waals surface area contributed by atoms with Crippen LogP contribution in [0.5, 0.6) is 0 Å². The van der Waals surface area contributed by atoms with Crippen LogP contribution in [0.4, 0.5) is 0 Å². The first kappa shape index (κ1) is 25.1. The molecule has 0 unspecified atom stereocenters. The lowest BCUT2D eigenvalue weighted by Crippen LogP contribution is -2.32. The third kappa shape index (κ3) is 5.19. The summed E-state index contributed by atoms with van der Waals surface area (Å²) in [6, 6.07) is 30.7. The fraction of sp³-hybridized carbons (Fsp3) is 0.176. The molecule has 1 fully saturated rings. The minimum Gasteiger partial charge on any atom is -0.328 e. The number of piperidine rings is 1. The van der Waals surface area contributed by atoms with Crippen molar-refractivity contribution in [3.05, 3.63) is 125 Å². The van der Waals surface area contributed by atoms with E-state index in [1.165, 1.54) is 11.3 Å². The molecule has 4 aromatic heterocycles. The molecular formula is C34H30N6O. The summed E-state index contributed by atoms with van der Waals surface area (Å²) < 4.78 is 0. The Morgan fingerprint density at radius 1 is 0.829 bits per heavy atom. The molecule has 1 aliphatic rings. The van der Waals surface area contributed by atoms with Gasteiger partial charge in [-0.2, -0.15) is 5.10 Å². The van der Waals surface area contributed by atoms with E-state index in [1.807, 2.05) is 48.5 Å². The summed E-state index contributed by atoms with van der Waals surface area (Å²) in [6.45, 7) is 3.01. The molecule has 41 heavy (non-hydrogen) atoms. The van der Waals surface area contributed by atoms with Gasteiger partial charge >= 0.3 is 0 Å². The number of hydrogen-bond donors (Lipinski definition) is 2. The molecule has 2 aromatic carbocycles. The second kappa shape index (κ2) is 10.9. The van der Waals surface area contributed by atoms with Crippen molar-refractivity contribution in [2.45, 2.75) is 25.3 Å². The van der Waals surface area contributed by atoms with Crippen molar-refractivity contribution < 1.29 is 0 Å². The summed E-state index contributed by atoms with van der Waals surface area (Å²) in [7, 11) is 0. The van der Waals surface area contributed by atoms with E-state index >= 15 is 0 Å². The van der Waals surface area contributed by atoms with Gasteiger partial charge in [0.2, 0.25) is 0 Å². The van der Waals surface area contributed by atoms with E-state index in [0.717, 1.165) is 66.2 Å². The second-order valence-corrected chi connectivity index (χ2v) is 10.7. The van der Waals surface area contributed by atoms with Crippen LogP contribution < -0.4 is 5.56 Å². The number of hydrogen-bond acceptors (Lipinski definition) is 5. The molecule has 6 aromatic rings. The highest BCUT2D eigenvalue weighted by Gasteiger charge is 2.23. The Morgan fingerprint density at radius 3 is 2.41 bits per heavy atom. The highest BCUT2D eigenvalue weighted by molar-refractivity contribution is 5.91. The first-order chi connectivity index (χ1) is 20.2. The van der Waals surface area contributed by atoms with Gasteiger partial charge in [0, 0.05) is 41.7 Å². The predicted octanol–water partition coefficient (Wildman–Crippen LogP) is 6.42. The van der Waals surface area contributed by atoms with Crippen molar-refractivity contribution in [1.82, 2.24) is 30.0 Å². The molecule has 0 aliphatic carbocycles. The first-order valence-electron chi connectivity index (χ1n) is 14.1. The number of fused-ring (bicyclic) bond motifs is 1. The Bertz CT molecular complexity index is 1840. The van der Waals surface area contributed by atoms with E-state index in [-0.39, 0.29) is 5.56 Å². The number of aromatic nitrogens is 5. The maximum Gasteiger partial charge on any atom is 0.257 e. The molecule has 0 atom stereocenters. The van der Waals surface area contributed by atoms with E-state index in [2.05, 4.69) is 67.5 Å². The number of nitrogens with zero attached hydrogens (tertiary/aromatic N) is 4. The van der Waals surface area contributed by atoms with Gasteiger partial charge in [-0.15, -0.1) is 0 Å². The molecule has 7 rings (SSSR count). The van der Waals surface area contributed by atoms with Crippen LogP contribution in [0.3, 0.4) is 0 Å². The molecule has 7 heteroatoms. The first-order valence-corrected chi connectivity index (χ1v) is 14.1. The van der Waals surface area contributed by atoms with Crippen molar-refractivity contribution >= 4 is 10.9 Å². The Balaban J connectivity index is 1.06. The van der Waals surface area contributed by atoms with Gasteiger partial charge in [0.1, 0.15) is 5.69 Å². The zero-order chi connectivity index (χ0) is 27.6. The number of benzene rings is 2. The Labute approximate surface area is 238 Å². The number of H-pyrrole nitrogens is 2. The summed E-state index contributed by atoms with van der Waals surface area (Å²) >= 11 is 0. The van der Waals surface area contributed by atoms with E-state index in [0.29, 0.717) is 16.8 Å². The van der Waals surface area contributed by atoms with E-state index in [1.54, 1.807) is 12.4 Å². The minimum absolute atomic E-state index is 0.126. The largest absolute Gasteiger partial charge is 0.328 e. The number of aromatic amines is 2. The molecule has 0 spiro atoms. The van der Waals surface area contributed by atoms with Gasteiger partial charge in [0.25, 0.3) is 5.56 Å². The Morgan fingerprint density at radius 2 is 1.63 bits per heavy atom. The lowest BCUT2D eigenvalue weighted by Gasteiger charge is -2.31. The Kier molecular flexibility index (Phi) is 6.70. The highest BCUT2D eigenvalue weighted by Crippen LogP contribution is 2.33. The second-order valence-electron chi connectivity index (χ2n) is 10.7. The van der Waals surface area contributed by atoms with Crippen LogP contribution in [-0.4, -0.2) is 43.1 Å². The summed E-state index contributed by atoms with van der Waals surface area (Å²) in [5, 5.41) is 8.36. The van der Waals surface area contributed by atoms with Crippen LogP contribution in [0, 0.1) is 0 Å². The molecule has 0 bridgehead atoms. The van der Waals surface area contributed by atoms with Gasteiger partial charge in [-0.25, -0.2) is 4.98 Å². The number of pyridine rings is 3. The van der Waals surface area contributed by atoms with Gasteiger partial charge < -0.3 is 4.98 Å². The van der Waals surface area contributed by atoms with Crippen molar-refractivity contribution in [2.24, 2.45) is 0 Å². The van der Waals surface area contributed by atoms with Crippen LogP contribution >= 0.6 is 0 Å². The van der Waals surface area contributed by atoms with Crippen molar-refractivity contribution in [3.8, 4) is 33.8 Å². The summed E-state index contributed by atoms with van der Waals surface area (Å²) in [5.41, 5.74) is 8.77. The maximum absolute atomic E-state index is 12.5. The van der Waals surface area contributed by atoms with Crippen LogP contribution in [0.2, 0.25) is 0 Å². The molecule has 5 heterocycles. The quantitative estimate of drug-likeness (QED) is 0.255. The number of likely N-dealkylation sites (tertiary alicyclic amines) is 1. The Hall–Kier alpha value is -4.88. The monoisotopic (exact) mass is 538 g/mol. The van der Waals surface area contributed by atoms with Crippen LogP contribution in [0.15, 0.2) is 108 Å². The van der Waals surface area contributed by atoms with Crippen LogP contribution in [0.25, 0.3) is 44.7 Å². The summed E-state index contributed by atoms with van der Waals surface area (Å²) in [4.78, 5) is 27.2. The predicted molar refractivity (Wildman–Crippen MR) is 162 cm³/mol. The molecule has 0 radical (unpaired) electrons. The minimum atomic E-state index is -0.126. The van der Waals surface area contributed by atoms with E-state index in [9.17, 15) is 4.79 Å². The molecule has 2 N–H and O–H groups in total. The topological polar surface area (TPSA) is 90.6 Å². The number of rotatable bonds is 6. The lowest BCUT2D eigenvalue weighted by molar-refractivity contribution is 0.203. The average molecular weight is 539 g/mol. The number of nitrogens with one attached hydrogen (secondary N) is 2. The van der Waals surface area contributed by atoms with Gasteiger partial charge in [-0.3, -0.25) is 19.8 Å². The fourth-order valence-electron chi connectivity index (χ4n) is 5.79. The maximum atomic E-state index is 12.5. The zero-order valence-corrected chi connectivity index (χ0v) is 22.6. The standard InChI is InChI=1S/C34H30N6O/c41-34-28-20-27(24-6-2-1-3-7-24)33(37-29(28)13-17-36-34)26-11-9-23(10-12-26)22-40-18-14-25(15-19-40)31-21-32(39-38-31)30-8-4-5-16-35-30/h1-13,16-17,20-21,25H,14-15,18-19,22H2,(H,36,41)(H,38,39). The fourth-order valence-corrected chi connectivity index (χ4v) is 5.79. The summed E-state index contributed by atoms with van der Waals surface area (Å²) in [6.07, 6.45) is 5.66. The van der Waals surface area contributed by atoms with Crippen LogP contribution in [-0.2, 0) is 6.54 Å². The van der Waals surface area contributed by atoms with Crippen molar-refractivity contribution in [2.75, 3.05) is 13.1 Å².